The molecule has 0 bridgehead atoms. The number of rotatable bonds is 3. The van der Waals surface area contributed by atoms with Crippen molar-refractivity contribution >= 4 is 0 Å². The lowest BCUT2D eigenvalue weighted by Gasteiger charge is -1.96. The second-order valence-electron chi connectivity index (χ2n) is 3.51. The Balaban J connectivity index is 2.67. The topological polar surface area (TPSA) is 0 Å². The summed E-state index contributed by atoms with van der Waals surface area (Å²) in [6, 6.07) is 1.82. The number of halogens is 3. The number of benzene rings is 1. The van der Waals surface area contributed by atoms with E-state index in [9.17, 15) is 13.2 Å². The van der Waals surface area contributed by atoms with Gasteiger partial charge in [0.05, 0.1) is 0 Å². The first-order valence-corrected chi connectivity index (χ1v) is 5.28. The summed E-state index contributed by atoms with van der Waals surface area (Å²) < 4.78 is 38.2. The molecule has 86 valence electrons. The minimum absolute atomic E-state index is 0.174. The van der Waals surface area contributed by atoms with Gasteiger partial charge in [-0.1, -0.05) is 31.6 Å². The van der Waals surface area contributed by atoms with Crippen LogP contribution in [0.5, 0.6) is 0 Å². The lowest BCUT2D eigenvalue weighted by atomic mass is 10.1. The summed E-state index contributed by atoms with van der Waals surface area (Å²) in [5.74, 6) is 1.58. The highest BCUT2D eigenvalue weighted by atomic mass is 19.2. The van der Waals surface area contributed by atoms with E-state index in [0.29, 0.717) is 6.42 Å². The molecule has 16 heavy (non-hydrogen) atoms. The van der Waals surface area contributed by atoms with Gasteiger partial charge in [0.1, 0.15) is 0 Å². The first-order chi connectivity index (χ1) is 7.65. The quantitative estimate of drug-likeness (QED) is 0.414. The van der Waals surface area contributed by atoms with Crippen molar-refractivity contribution in [2.75, 3.05) is 0 Å². The summed E-state index contributed by atoms with van der Waals surface area (Å²) in [5.41, 5.74) is 0.174. The first kappa shape index (κ1) is 12.6. The Hall–Kier alpha value is -1.43. The molecule has 0 nitrogen and oxygen atoms in total. The molecule has 0 radical (unpaired) electrons. The maximum Gasteiger partial charge on any atom is 0.194 e. The van der Waals surface area contributed by atoms with E-state index >= 15 is 0 Å². The molecule has 0 spiro atoms. The Morgan fingerprint density at radius 3 is 2.25 bits per heavy atom. The molecule has 0 aliphatic carbocycles. The van der Waals surface area contributed by atoms with Crippen molar-refractivity contribution in [3.63, 3.8) is 0 Å². The van der Waals surface area contributed by atoms with Gasteiger partial charge in [-0.25, -0.2) is 13.2 Å². The maximum absolute atomic E-state index is 12.8. The molecule has 3 heteroatoms. The van der Waals surface area contributed by atoms with E-state index in [1.54, 1.807) is 0 Å². The number of hydrogen-bond acceptors (Lipinski definition) is 0. The van der Waals surface area contributed by atoms with Gasteiger partial charge in [0, 0.05) is 12.0 Å². The number of hydrogen-bond donors (Lipinski definition) is 0. The Morgan fingerprint density at radius 1 is 1.06 bits per heavy atom. The molecule has 1 aromatic carbocycles. The van der Waals surface area contributed by atoms with E-state index < -0.39 is 17.5 Å². The minimum atomic E-state index is -1.45. The third-order valence-electron chi connectivity index (χ3n) is 2.12. The third kappa shape index (κ3) is 3.62. The van der Waals surface area contributed by atoms with Gasteiger partial charge < -0.3 is 0 Å². The normalized spacial score (nSPS) is 9.75. The molecule has 0 N–H and O–H groups in total. The van der Waals surface area contributed by atoms with Crippen molar-refractivity contribution in [1.82, 2.24) is 0 Å². The zero-order chi connectivity index (χ0) is 12.0. The summed E-state index contributed by atoms with van der Waals surface area (Å²) in [5, 5.41) is 0. The molecule has 0 unspecified atom stereocenters. The zero-order valence-corrected chi connectivity index (χ0v) is 9.12. The molecule has 0 fully saturated rings. The van der Waals surface area contributed by atoms with Gasteiger partial charge in [-0.2, -0.15) is 0 Å². The predicted octanol–water partition coefficient (Wildman–Crippen LogP) is 4.04. The smallest absolute Gasteiger partial charge is 0.194 e. The Morgan fingerprint density at radius 2 is 1.69 bits per heavy atom. The summed E-state index contributed by atoms with van der Waals surface area (Å²) in [4.78, 5) is 0. The van der Waals surface area contributed by atoms with E-state index in [0.717, 1.165) is 31.4 Å². The van der Waals surface area contributed by atoms with Gasteiger partial charge >= 0.3 is 0 Å². The largest absolute Gasteiger partial charge is 0.204 e. The highest BCUT2D eigenvalue weighted by molar-refractivity contribution is 5.35. The predicted molar refractivity (Wildman–Crippen MR) is 57.3 cm³/mol. The minimum Gasteiger partial charge on any atom is -0.204 e. The van der Waals surface area contributed by atoms with E-state index in [2.05, 4.69) is 18.8 Å². The van der Waals surface area contributed by atoms with Gasteiger partial charge in [0.2, 0.25) is 0 Å². The van der Waals surface area contributed by atoms with Crippen molar-refractivity contribution in [2.45, 2.75) is 32.6 Å². The monoisotopic (exact) mass is 226 g/mol. The lowest BCUT2D eigenvalue weighted by molar-refractivity contribution is 0.446. The molecule has 1 rings (SSSR count). The highest BCUT2D eigenvalue weighted by Crippen LogP contribution is 2.12. The van der Waals surface area contributed by atoms with E-state index in [1.807, 2.05) is 0 Å². The van der Waals surface area contributed by atoms with Crippen molar-refractivity contribution < 1.29 is 13.2 Å². The average molecular weight is 226 g/mol. The van der Waals surface area contributed by atoms with Crippen LogP contribution in [0.3, 0.4) is 0 Å². The van der Waals surface area contributed by atoms with Crippen LogP contribution in [0.2, 0.25) is 0 Å². The first-order valence-electron chi connectivity index (χ1n) is 5.28. The number of unbranched alkanes of at least 4 members (excludes halogenated alkanes) is 3. The fourth-order valence-electron chi connectivity index (χ4n) is 1.26. The van der Waals surface area contributed by atoms with Crippen LogP contribution in [0.25, 0.3) is 0 Å². The standard InChI is InChI=1S/C13H13F3/c1-2-3-4-5-6-7-10-8-11(14)13(16)12(15)9-10/h8-9H,2-5H2,1H3. The molecule has 0 aromatic heterocycles. The molecule has 0 saturated carbocycles. The Labute approximate surface area is 93.5 Å². The molecule has 0 saturated heterocycles. The van der Waals surface area contributed by atoms with Crippen molar-refractivity contribution in [2.24, 2.45) is 0 Å². The molecular formula is C13H13F3. The third-order valence-corrected chi connectivity index (χ3v) is 2.12. The van der Waals surface area contributed by atoms with Crippen LogP contribution < -0.4 is 0 Å². The van der Waals surface area contributed by atoms with Crippen LogP contribution in [0.15, 0.2) is 12.1 Å². The van der Waals surface area contributed by atoms with E-state index in [1.165, 1.54) is 0 Å². The van der Waals surface area contributed by atoms with Gasteiger partial charge in [0.15, 0.2) is 17.5 Å². The van der Waals surface area contributed by atoms with Crippen LogP contribution >= 0.6 is 0 Å². The van der Waals surface area contributed by atoms with Crippen molar-refractivity contribution in [3.8, 4) is 11.8 Å². The van der Waals surface area contributed by atoms with Crippen molar-refractivity contribution in [3.05, 3.63) is 35.1 Å². The van der Waals surface area contributed by atoms with Gasteiger partial charge in [-0.15, -0.1) is 0 Å². The lowest BCUT2D eigenvalue weighted by Crippen LogP contribution is -1.91. The molecule has 0 aliphatic rings. The van der Waals surface area contributed by atoms with Crippen molar-refractivity contribution in [1.29, 1.82) is 0 Å². The summed E-state index contributed by atoms with van der Waals surface area (Å²) >= 11 is 0. The summed E-state index contributed by atoms with van der Waals surface area (Å²) in [6.07, 6.45) is 3.84. The van der Waals surface area contributed by atoms with Gasteiger partial charge in [-0.3, -0.25) is 0 Å². The average Bonchev–Trinajstić information content (AvgIpc) is 2.25. The zero-order valence-electron chi connectivity index (χ0n) is 9.12. The summed E-state index contributed by atoms with van der Waals surface area (Å²) in [6.45, 7) is 2.08. The highest BCUT2D eigenvalue weighted by Gasteiger charge is 2.08. The Kier molecular flexibility index (Phi) is 4.91. The van der Waals surface area contributed by atoms with Crippen LogP contribution in [0.4, 0.5) is 13.2 Å². The molecular weight excluding hydrogens is 213 g/mol. The molecule has 0 heterocycles. The van der Waals surface area contributed by atoms with Gasteiger partial charge in [-0.05, 0) is 18.6 Å². The van der Waals surface area contributed by atoms with Crippen LogP contribution in [0, 0.1) is 29.3 Å². The Bertz CT molecular complexity index is 390. The summed E-state index contributed by atoms with van der Waals surface area (Å²) in [7, 11) is 0. The molecule has 0 aliphatic heterocycles. The maximum atomic E-state index is 12.8. The van der Waals surface area contributed by atoms with Gasteiger partial charge in [0.25, 0.3) is 0 Å². The fraction of sp³-hybridized carbons (Fsp3) is 0.385. The van der Waals surface area contributed by atoms with E-state index in [4.69, 9.17) is 0 Å². The van der Waals surface area contributed by atoms with Crippen LogP contribution in [0.1, 0.15) is 38.2 Å². The van der Waals surface area contributed by atoms with Crippen LogP contribution in [-0.2, 0) is 0 Å². The second kappa shape index (κ2) is 6.22. The van der Waals surface area contributed by atoms with E-state index in [-0.39, 0.29) is 5.56 Å². The second-order valence-corrected chi connectivity index (χ2v) is 3.51. The fourth-order valence-corrected chi connectivity index (χ4v) is 1.26. The molecule has 0 atom stereocenters. The SMILES string of the molecule is CCCCCC#Cc1cc(F)c(F)c(F)c1. The van der Waals surface area contributed by atoms with Crippen LogP contribution in [-0.4, -0.2) is 0 Å². The molecule has 1 aromatic rings. The molecule has 0 amide bonds.